The highest BCUT2D eigenvalue weighted by Gasteiger charge is 2.31. The second-order valence-corrected chi connectivity index (χ2v) is 7.55. The van der Waals surface area contributed by atoms with Gasteiger partial charge in [0.25, 0.3) is 5.91 Å². The summed E-state index contributed by atoms with van der Waals surface area (Å²) < 4.78 is 0.143. The summed E-state index contributed by atoms with van der Waals surface area (Å²) in [4.78, 5) is 12.4. The number of rotatable bonds is 4. The molecule has 0 atom stereocenters. The largest absolute Gasteiger partial charge is 0.399 e. The summed E-state index contributed by atoms with van der Waals surface area (Å²) in [6.45, 7) is 0.649. The van der Waals surface area contributed by atoms with E-state index < -0.39 is 0 Å². The molecule has 1 fully saturated rings. The molecule has 1 aliphatic rings. The third-order valence-electron chi connectivity index (χ3n) is 4.06. The zero-order chi connectivity index (χ0) is 15.5. The van der Waals surface area contributed by atoms with Gasteiger partial charge in [0, 0.05) is 17.0 Å². The number of thioether (sulfide) groups is 1. The van der Waals surface area contributed by atoms with Crippen LogP contribution in [0.1, 0.15) is 42.5 Å². The molecule has 0 spiro atoms. The third kappa shape index (κ3) is 3.99. The van der Waals surface area contributed by atoms with Crippen LogP contribution in [0.25, 0.3) is 0 Å². The minimum absolute atomic E-state index is 0.143. The lowest BCUT2D eigenvalue weighted by Gasteiger charge is -2.35. The summed E-state index contributed by atoms with van der Waals surface area (Å²) in [5, 5.41) is 3.56. The molecule has 0 radical (unpaired) electrons. The zero-order valence-corrected chi connectivity index (χ0v) is 14.4. The second kappa shape index (κ2) is 7.12. The highest BCUT2D eigenvalue weighted by Crippen LogP contribution is 2.38. The summed E-state index contributed by atoms with van der Waals surface area (Å²) >= 11 is 13.9. The van der Waals surface area contributed by atoms with E-state index in [0.29, 0.717) is 22.8 Å². The number of nitrogens with one attached hydrogen (secondary N) is 1. The number of anilines is 1. The molecule has 1 aromatic rings. The molecular formula is C15H20Cl2N2OS. The number of halogens is 2. The van der Waals surface area contributed by atoms with Gasteiger partial charge in [0.2, 0.25) is 0 Å². The van der Waals surface area contributed by atoms with Gasteiger partial charge in [-0.1, -0.05) is 42.5 Å². The van der Waals surface area contributed by atoms with E-state index in [1.165, 1.54) is 19.3 Å². The maximum absolute atomic E-state index is 12.4. The standard InChI is InChI=1S/C15H20Cl2N2OS/c1-21-15(5-3-2-4-6-15)9-19-14(20)11-7-10(18)8-12(16)13(11)17/h7-8H,2-6,9,18H2,1H3,(H,19,20). The fourth-order valence-corrected chi connectivity index (χ4v) is 4.10. The third-order valence-corrected chi connectivity index (χ3v) is 6.28. The Morgan fingerprint density at radius 2 is 2.00 bits per heavy atom. The van der Waals surface area contributed by atoms with Crippen molar-refractivity contribution < 1.29 is 4.79 Å². The Morgan fingerprint density at radius 1 is 1.33 bits per heavy atom. The van der Waals surface area contributed by atoms with Crippen molar-refractivity contribution in [2.45, 2.75) is 36.9 Å². The second-order valence-electron chi connectivity index (χ2n) is 5.49. The van der Waals surface area contributed by atoms with Crippen LogP contribution in [0, 0.1) is 0 Å². The Labute approximate surface area is 139 Å². The Morgan fingerprint density at radius 3 is 2.62 bits per heavy atom. The molecule has 1 aromatic carbocycles. The number of carbonyl (C=O) groups excluding carboxylic acids is 1. The van der Waals surface area contributed by atoms with Gasteiger partial charge in [-0.25, -0.2) is 0 Å². The SMILES string of the molecule is CSC1(CNC(=O)c2cc(N)cc(Cl)c2Cl)CCCCC1. The Balaban J connectivity index is 2.08. The lowest BCUT2D eigenvalue weighted by atomic mass is 9.88. The molecule has 3 N–H and O–H groups in total. The van der Waals surface area contributed by atoms with Crippen molar-refractivity contribution in [3.8, 4) is 0 Å². The lowest BCUT2D eigenvalue weighted by molar-refractivity contribution is 0.0947. The molecule has 0 unspecified atom stereocenters. The van der Waals surface area contributed by atoms with Gasteiger partial charge < -0.3 is 11.1 Å². The van der Waals surface area contributed by atoms with Gasteiger partial charge in [-0.05, 0) is 31.2 Å². The van der Waals surface area contributed by atoms with Crippen LogP contribution in [-0.2, 0) is 0 Å². The molecule has 0 saturated heterocycles. The van der Waals surface area contributed by atoms with Crippen LogP contribution < -0.4 is 11.1 Å². The maximum Gasteiger partial charge on any atom is 0.252 e. The van der Waals surface area contributed by atoms with Crippen LogP contribution in [0.3, 0.4) is 0 Å². The van der Waals surface area contributed by atoms with Crippen molar-refractivity contribution in [2.75, 3.05) is 18.5 Å². The van der Waals surface area contributed by atoms with Crippen LogP contribution in [0.5, 0.6) is 0 Å². The first kappa shape index (κ1) is 16.8. The van der Waals surface area contributed by atoms with Gasteiger partial charge >= 0.3 is 0 Å². The molecule has 116 valence electrons. The Bertz CT molecular complexity index is 531. The molecule has 2 rings (SSSR count). The summed E-state index contributed by atoms with van der Waals surface area (Å²) in [6, 6.07) is 3.11. The van der Waals surface area contributed by atoms with E-state index in [1.807, 2.05) is 11.8 Å². The molecule has 3 nitrogen and oxygen atoms in total. The Hall–Kier alpha value is -0.580. The van der Waals surface area contributed by atoms with E-state index in [4.69, 9.17) is 28.9 Å². The topological polar surface area (TPSA) is 55.1 Å². The van der Waals surface area contributed by atoms with E-state index in [2.05, 4.69) is 11.6 Å². The first-order chi connectivity index (χ1) is 9.97. The number of amides is 1. The molecule has 0 aromatic heterocycles. The Kier molecular flexibility index (Phi) is 5.69. The fourth-order valence-electron chi connectivity index (χ4n) is 2.76. The van der Waals surface area contributed by atoms with Crippen LogP contribution in [0.15, 0.2) is 12.1 Å². The van der Waals surface area contributed by atoms with Crippen LogP contribution in [0.4, 0.5) is 5.69 Å². The van der Waals surface area contributed by atoms with E-state index >= 15 is 0 Å². The first-order valence-corrected chi connectivity index (χ1v) is 9.03. The molecule has 0 bridgehead atoms. The van der Waals surface area contributed by atoms with E-state index in [9.17, 15) is 4.79 Å². The maximum atomic E-state index is 12.4. The summed E-state index contributed by atoms with van der Waals surface area (Å²) in [6.07, 6.45) is 8.12. The highest BCUT2D eigenvalue weighted by atomic mass is 35.5. The molecule has 0 heterocycles. The number of nitrogen functional groups attached to an aromatic ring is 1. The van der Waals surface area contributed by atoms with Gasteiger partial charge in [0.15, 0.2) is 0 Å². The van der Waals surface area contributed by atoms with Crippen LogP contribution >= 0.6 is 35.0 Å². The number of carbonyl (C=O) groups is 1. The van der Waals surface area contributed by atoms with Crippen molar-refractivity contribution in [3.05, 3.63) is 27.7 Å². The van der Waals surface area contributed by atoms with Crippen LogP contribution in [0.2, 0.25) is 10.0 Å². The number of benzene rings is 1. The van der Waals surface area contributed by atoms with Gasteiger partial charge in [0.05, 0.1) is 15.6 Å². The normalized spacial score (nSPS) is 17.5. The summed E-state index contributed by atoms with van der Waals surface area (Å²) in [7, 11) is 0. The first-order valence-electron chi connectivity index (χ1n) is 7.05. The van der Waals surface area contributed by atoms with Crippen molar-refractivity contribution in [2.24, 2.45) is 0 Å². The summed E-state index contributed by atoms with van der Waals surface area (Å²) in [5.74, 6) is -0.215. The van der Waals surface area contributed by atoms with Gasteiger partial charge in [-0.3, -0.25) is 4.79 Å². The van der Waals surface area contributed by atoms with Gasteiger partial charge in [0.1, 0.15) is 0 Å². The van der Waals surface area contributed by atoms with Crippen molar-refractivity contribution >= 4 is 46.6 Å². The minimum Gasteiger partial charge on any atom is -0.399 e. The van der Waals surface area contributed by atoms with Crippen molar-refractivity contribution in [1.82, 2.24) is 5.32 Å². The molecule has 1 aliphatic carbocycles. The molecule has 21 heavy (non-hydrogen) atoms. The lowest BCUT2D eigenvalue weighted by Crippen LogP contribution is -2.41. The predicted molar refractivity (Wildman–Crippen MR) is 92.5 cm³/mol. The quantitative estimate of drug-likeness (QED) is 0.795. The molecule has 1 amide bonds. The van der Waals surface area contributed by atoms with E-state index in [0.717, 1.165) is 12.8 Å². The molecule has 6 heteroatoms. The van der Waals surface area contributed by atoms with E-state index in [-0.39, 0.29) is 15.7 Å². The monoisotopic (exact) mass is 346 g/mol. The smallest absolute Gasteiger partial charge is 0.252 e. The summed E-state index contributed by atoms with van der Waals surface area (Å²) in [5.41, 5.74) is 6.51. The molecule has 1 saturated carbocycles. The average molecular weight is 347 g/mol. The highest BCUT2D eigenvalue weighted by molar-refractivity contribution is 8.00. The zero-order valence-electron chi connectivity index (χ0n) is 12.0. The van der Waals surface area contributed by atoms with Gasteiger partial charge in [-0.15, -0.1) is 0 Å². The predicted octanol–water partition coefficient (Wildman–Crippen LogP) is 4.37. The fraction of sp³-hybridized carbons (Fsp3) is 0.533. The minimum atomic E-state index is -0.215. The van der Waals surface area contributed by atoms with Crippen LogP contribution in [-0.4, -0.2) is 23.5 Å². The van der Waals surface area contributed by atoms with Gasteiger partial charge in [-0.2, -0.15) is 11.8 Å². The molecular weight excluding hydrogens is 327 g/mol. The molecule has 0 aliphatic heterocycles. The number of hydrogen-bond acceptors (Lipinski definition) is 3. The average Bonchev–Trinajstić information content (AvgIpc) is 2.49. The van der Waals surface area contributed by atoms with Crippen molar-refractivity contribution in [1.29, 1.82) is 0 Å². The number of hydrogen-bond donors (Lipinski definition) is 2. The van der Waals surface area contributed by atoms with E-state index in [1.54, 1.807) is 12.1 Å². The number of nitrogens with two attached hydrogens (primary N) is 1. The van der Waals surface area contributed by atoms with Crippen molar-refractivity contribution in [3.63, 3.8) is 0 Å².